The van der Waals surface area contributed by atoms with Crippen LogP contribution in [0.4, 0.5) is 10.1 Å². The molecular weight excluding hydrogens is 334 g/mol. The quantitative estimate of drug-likeness (QED) is 0.660. The number of esters is 1. The van der Waals surface area contributed by atoms with E-state index in [0.29, 0.717) is 0 Å². The topological polar surface area (TPSA) is 74.4 Å². The van der Waals surface area contributed by atoms with Crippen LogP contribution in [0.2, 0.25) is 10.0 Å². The normalized spacial score (nSPS) is 17.1. The van der Waals surface area contributed by atoms with E-state index in [1.807, 2.05) is 6.92 Å². The van der Waals surface area contributed by atoms with Crippen LogP contribution < -0.4 is 10.5 Å². The van der Waals surface area contributed by atoms with Crippen molar-refractivity contribution in [3.8, 4) is 5.88 Å². The summed E-state index contributed by atoms with van der Waals surface area (Å²) in [5, 5.41) is -0.516. The number of carbonyl (C=O) groups is 1. The fraction of sp³-hybridized carbons (Fsp3) is 0.571. The first-order valence-corrected chi connectivity index (χ1v) is 7.72. The van der Waals surface area contributed by atoms with Gasteiger partial charge in [0, 0.05) is 0 Å². The number of rotatable bonds is 4. The molecule has 22 heavy (non-hydrogen) atoms. The van der Waals surface area contributed by atoms with E-state index in [0.717, 1.165) is 32.1 Å². The Hall–Kier alpha value is -1.27. The largest absolute Gasteiger partial charge is 0.464 e. The first kappa shape index (κ1) is 17.1. The van der Waals surface area contributed by atoms with Crippen molar-refractivity contribution in [1.29, 1.82) is 0 Å². The Morgan fingerprint density at radius 3 is 2.59 bits per heavy atom. The molecule has 2 rings (SSSR count). The third-order valence-electron chi connectivity index (χ3n) is 3.64. The van der Waals surface area contributed by atoms with Crippen LogP contribution in [0.5, 0.6) is 5.88 Å². The number of carbonyl (C=O) groups excluding carboxylic acids is 1. The van der Waals surface area contributed by atoms with E-state index in [1.54, 1.807) is 0 Å². The molecule has 0 aliphatic heterocycles. The van der Waals surface area contributed by atoms with E-state index in [9.17, 15) is 9.18 Å². The second-order valence-electron chi connectivity index (χ2n) is 5.52. The molecule has 1 aliphatic carbocycles. The van der Waals surface area contributed by atoms with Gasteiger partial charge in [-0.1, -0.05) is 29.6 Å². The number of pyridine rings is 1. The molecule has 0 spiro atoms. The van der Waals surface area contributed by atoms with Gasteiger partial charge < -0.3 is 15.2 Å². The molecule has 0 unspecified atom stereocenters. The van der Waals surface area contributed by atoms with Crippen molar-refractivity contribution >= 4 is 34.9 Å². The van der Waals surface area contributed by atoms with Gasteiger partial charge in [-0.05, 0) is 32.6 Å². The zero-order valence-electron chi connectivity index (χ0n) is 12.1. The van der Waals surface area contributed by atoms with E-state index in [2.05, 4.69) is 4.98 Å². The molecule has 0 atom stereocenters. The summed E-state index contributed by atoms with van der Waals surface area (Å²) < 4.78 is 23.9. The summed E-state index contributed by atoms with van der Waals surface area (Å²) in [5.74, 6) is -1.85. The Morgan fingerprint density at radius 2 is 1.95 bits per heavy atom. The summed E-state index contributed by atoms with van der Waals surface area (Å²) in [7, 11) is 0. The minimum Gasteiger partial charge on any atom is -0.464 e. The Kier molecular flexibility index (Phi) is 5.34. The maximum Gasteiger partial charge on any atom is 0.344 e. The maximum atomic E-state index is 13.4. The molecule has 1 saturated carbocycles. The van der Waals surface area contributed by atoms with Crippen molar-refractivity contribution in [1.82, 2.24) is 4.98 Å². The van der Waals surface area contributed by atoms with Gasteiger partial charge >= 0.3 is 5.97 Å². The molecule has 122 valence electrons. The lowest BCUT2D eigenvalue weighted by Crippen LogP contribution is -2.35. The van der Waals surface area contributed by atoms with Crippen LogP contribution in [-0.2, 0) is 9.53 Å². The van der Waals surface area contributed by atoms with E-state index < -0.39 is 24.1 Å². The lowest BCUT2D eigenvalue weighted by molar-refractivity contribution is -0.163. The second-order valence-corrected chi connectivity index (χ2v) is 6.28. The lowest BCUT2D eigenvalue weighted by Gasteiger charge is -2.33. The van der Waals surface area contributed by atoms with Gasteiger partial charge in [0.15, 0.2) is 6.61 Å². The highest BCUT2D eigenvalue weighted by molar-refractivity contribution is 6.39. The van der Waals surface area contributed by atoms with Gasteiger partial charge in [-0.25, -0.2) is 4.79 Å². The molecule has 1 heterocycles. The Balaban J connectivity index is 1.97. The SMILES string of the molecule is CC1(OC(=O)COc2nc(F)c(Cl)c(N)c2Cl)CCCCC1. The Morgan fingerprint density at radius 1 is 1.32 bits per heavy atom. The lowest BCUT2D eigenvalue weighted by atomic mass is 9.86. The highest BCUT2D eigenvalue weighted by Gasteiger charge is 2.31. The summed E-state index contributed by atoms with van der Waals surface area (Å²) in [6.45, 7) is 1.47. The van der Waals surface area contributed by atoms with E-state index in [4.69, 9.17) is 38.4 Å². The summed E-state index contributed by atoms with van der Waals surface area (Å²) in [4.78, 5) is 15.3. The van der Waals surface area contributed by atoms with E-state index in [-0.39, 0.29) is 21.6 Å². The van der Waals surface area contributed by atoms with Crippen LogP contribution in [0.15, 0.2) is 0 Å². The minimum absolute atomic E-state index is 0.136. The third kappa shape index (κ3) is 3.93. The molecule has 5 nitrogen and oxygen atoms in total. The van der Waals surface area contributed by atoms with E-state index >= 15 is 0 Å². The molecule has 0 saturated heterocycles. The number of nitrogens with zero attached hydrogens (tertiary/aromatic N) is 1. The minimum atomic E-state index is -1.01. The average molecular weight is 351 g/mol. The summed E-state index contributed by atoms with van der Waals surface area (Å²) in [6, 6.07) is 0. The summed E-state index contributed by atoms with van der Waals surface area (Å²) >= 11 is 11.4. The summed E-state index contributed by atoms with van der Waals surface area (Å²) in [6.07, 6.45) is 4.83. The number of anilines is 1. The number of aromatic nitrogens is 1. The molecule has 1 aromatic heterocycles. The second kappa shape index (κ2) is 6.87. The van der Waals surface area contributed by atoms with Crippen molar-refractivity contribution in [2.24, 2.45) is 0 Å². The number of hydrogen-bond donors (Lipinski definition) is 1. The van der Waals surface area contributed by atoms with Crippen LogP contribution in [0.3, 0.4) is 0 Å². The van der Waals surface area contributed by atoms with Crippen LogP contribution in [0.1, 0.15) is 39.0 Å². The molecule has 0 radical (unpaired) electrons. The highest BCUT2D eigenvalue weighted by atomic mass is 35.5. The standard InChI is InChI=1S/C14H17Cl2FN2O3/c1-14(5-3-2-4-6-14)22-8(20)7-21-13-10(16)11(18)9(15)12(17)19-13/h2-7H2,1H3,(H2,18,19). The van der Waals surface area contributed by atoms with Gasteiger partial charge in [0.2, 0.25) is 11.8 Å². The number of nitrogen functional groups attached to an aromatic ring is 1. The molecule has 0 aromatic carbocycles. The van der Waals surface area contributed by atoms with Crippen LogP contribution in [0, 0.1) is 5.95 Å². The van der Waals surface area contributed by atoms with Gasteiger partial charge in [0.25, 0.3) is 0 Å². The molecule has 0 bridgehead atoms. The monoisotopic (exact) mass is 350 g/mol. The Labute approximate surface area is 137 Å². The first-order valence-electron chi connectivity index (χ1n) is 6.97. The van der Waals surface area contributed by atoms with Gasteiger partial charge in [0.05, 0.1) is 5.69 Å². The van der Waals surface area contributed by atoms with Gasteiger partial charge in [0.1, 0.15) is 15.6 Å². The van der Waals surface area contributed by atoms with Gasteiger partial charge in [-0.3, -0.25) is 0 Å². The van der Waals surface area contributed by atoms with Crippen molar-refractivity contribution < 1.29 is 18.7 Å². The zero-order valence-corrected chi connectivity index (χ0v) is 13.6. The smallest absolute Gasteiger partial charge is 0.344 e. The predicted molar refractivity (Wildman–Crippen MR) is 81.7 cm³/mol. The molecule has 1 fully saturated rings. The molecule has 1 aromatic rings. The van der Waals surface area contributed by atoms with Gasteiger partial charge in [-0.2, -0.15) is 9.37 Å². The summed E-state index contributed by atoms with van der Waals surface area (Å²) in [5.41, 5.74) is 4.87. The van der Waals surface area contributed by atoms with E-state index in [1.165, 1.54) is 0 Å². The highest BCUT2D eigenvalue weighted by Crippen LogP contribution is 2.35. The molecule has 1 aliphatic rings. The number of ether oxygens (including phenoxy) is 2. The third-order valence-corrected chi connectivity index (χ3v) is 4.36. The number of hydrogen-bond acceptors (Lipinski definition) is 5. The van der Waals surface area contributed by atoms with Crippen molar-refractivity contribution in [2.45, 2.75) is 44.6 Å². The number of halogens is 3. The maximum absolute atomic E-state index is 13.4. The average Bonchev–Trinajstić information content (AvgIpc) is 2.47. The first-order chi connectivity index (χ1) is 10.3. The fourth-order valence-electron chi connectivity index (χ4n) is 2.44. The van der Waals surface area contributed by atoms with Crippen molar-refractivity contribution in [3.63, 3.8) is 0 Å². The molecule has 8 heteroatoms. The Bertz CT molecular complexity index is 578. The molecule has 2 N–H and O–H groups in total. The van der Waals surface area contributed by atoms with Crippen molar-refractivity contribution in [3.05, 3.63) is 16.0 Å². The fourth-order valence-corrected chi connectivity index (χ4v) is 2.82. The van der Waals surface area contributed by atoms with Crippen LogP contribution >= 0.6 is 23.2 Å². The van der Waals surface area contributed by atoms with Gasteiger partial charge in [-0.15, -0.1) is 0 Å². The van der Waals surface area contributed by atoms with Crippen LogP contribution in [-0.4, -0.2) is 23.2 Å². The van der Waals surface area contributed by atoms with Crippen LogP contribution in [0.25, 0.3) is 0 Å². The molecule has 0 amide bonds. The van der Waals surface area contributed by atoms with Crippen molar-refractivity contribution in [2.75, 3.05) is 12.3 Å². The zero-order chi connectivity index (χ0) is 16.3. The predicted octanol–water partition coefficient (Wildman–Crippen LogP) is 3.75. The number of nitrogens with two attached hydrogens (primary N) is 1. The molecular formula is C14H17Cl2FN2O3.